The van der Waals surface area contributed by atoms with Gasteiger partial charge in [-0.15, -0.1) is 0 Å². The zero-order chi connectivity index (χ0) is 27.9. The highest BCUT2D eigenvalue weighted by molar-refractivity contribution is 6.32. The van der Waals surface area contributed by atoms with E-state index in [1.165, 1.54) is 31.4 Å². The van der Waals surface area contributed by atoms with Gasteiger partial charge in [0.25, 0.3) is 11.8 Å². The Balaban J connectivity index is 1.75. The quantitative estimate of drug-likeness (QED) is 0.259. The van der Waals surface area contributed by atoms with E-state index >= 15 is 0 Å². The van der Waals surface area contributed by atoms with Gasteiger partial charge in [0.05, 0.1) is 17.7 Å². The molecule has 3 aromatic rings. The van der Waals surface area contributed by atoms with Crippen LogP contribution in [-0.2, 0) is 15.8 Å². The Morgan fingerprint density at radius 1 is 1.05 bits per heavy atom. The summed E-state index contributed by atoms with van der Waals surface area (Å²) in [6.45, 7) is 1.52. The molecule has 11 heteroatoms. The summed E-state index contributed by atoms with van der Waals surface area (Å²) in [5.41, 5.74) is 0.375. The smallest absolute Gasteiger partial charge is 0.416 e. The molecule has 2 amide bonds. The zero-order valence-corrected chi connectivity index (χ0v) is 20.9. The van der Waals surface area contributed by atoms with Gasteiger partial charge >= 0.3 is 6.18 Å². The van der Waals surface area contributed by atoms with Gasteiger partial charge in [0, 0.05) is 11.4 Å². The number of halogens is 4. The maximum Gasteiger partial charge on any atom is 0.416 e. The number of amides is 2. The number of carbonyl (C=O) groups is 2. The van der Waals surface area contributed by atoms with Crippen molar-refractivity contribution in [3.63, 3.8) is 0 Å². The Morgan fingerprint density at radius 3 is 2.37 bits per heavy atom. The van der Waals surface area contributed by atoms with Crippen LogP contribution in [0.2, 0.25) is 5.02 Å². The molecule has 3 rings (SSSR count). The lowest BCUT2D eigenvalue weighted by molar-refractivity contribution is -0.137. The molecular formula is C27H21ClF3N3O4. The predicted molar refractivity (Wildman–Crippen MR) is 137 cm³/mol. The largest absolute Gasteiger partial charge is 0.493 e. The molecule has 0 saturated carbocycles. The van der Waals surface area contributed by atoms with E-state index in [1.807, 2.05) is 13.0 Å². The number of ether oxygens (including phenoxy) is 2. The Labute approximate surface area is 221 Å². The summed E-state index contributed by atoms with van der Waals surface area (Å²) in [6.07, 6.45) is -3.40. The summed E-state index contributed by atoms with van der Waals surface area (Å²) in [6, 6.07) is 15.8. The van der Waals surface area contributed by atoms with Crippen molar-refractivity contribution >= 4 is 40.9 Å². The lowest BCUT2D eigenvalue weighted by Crippen LogP contribution is -2.20. The number of hydrogen-bond donors (Lipinski definition) is 2. The number of nitrogens with zero attached hydrogens (tertiary/aromatic N) is 1. The van der Waals surface area contributed by atoms with Crippen LogP contribution in [0.15, 0.2) is 66.2 Å². The van der Waals surface area contributed by atoms with Crippen LogP contribution in [0.1, 0.15) is 16.7 Å². The van der Waals surface area contributed by atoms with Crippen molar-refractivity contribution in [2.45, 2.75) is 13.1 Å². The molecule has 0 spiro atoms. The molecular weight excluding hydrogens is 523 g/mol. The number of carbonyl (C=O) groups excluding carboxylic acids is 2. The molecule has 3 aromatic carbocycles. The van der Waals surface area contributed by atoms with Gasteiger partial charge in [-0.2, -0.15) is 18.4 Å². The molecule has 7 nitrogen and oxygen atoms in total. The summed E-state index contributed by atoms with van der Waals surface area (Å²) < 4.78 is 49.7. The van der Waals surface area contributed by atoms with Crippen LogP contribution in [0.4, 0.5) is 24.5 Å². The fourth-order valence-corrected chi connectivity index (χ4v) is 3.58. The first-order chi connectivity index (χ1) is 18.0. The molecule has 0 aliphatic heterocycles. The van der Waals surface area contributed by atoms with Gasteiger partial charge in [-0.3, -0.25) is 9.59 Å². The summed E-state index contributed by atoms with van der Waals surface area (Å²) >= 11 is 6.32. The molecule has 0 aromatic heterocycles. The van der Waals surface area contributed by atoms with Gasteiger partial charge in [0.1, 0.15) is 11.6 Å². The highest BCUT2D eigenvalue weighted by atomic mass is 35.5. The van der Waals surface area contributed by atoms with E-state index in [1.54, 1.807) is 24.3 Å². The van der Waals surface area contributed by atoms with Crippen molar-refractivity contribution in [2.75, 3.05) is 24.4 Å². The fourth-order valence-electron chi connectivity index (χ4n) is 3.31. The number of anilines is 2. The first-order valence-electron chi connectivity index (χ1n) is 11.0. The zero-order valence-electron chi connectivity index (χ0n) is 20.2. The number of methoxy groups -OCH3 is 1. The molecule has 38 heavy (non-hydrogen) atoms. The van der Waals surface area contributed by atoms with E-state index in [2.05, 4.69) is 10.6 Å². The molecule has 0 aliphatic rings. The van der Waals surface area contributed by atoms with Crippen LogP contribution in [0, 0.1) is 18.3 Å². The Morgan fingerprint density at radius 2 is 1.74 bits per heavy atom. The first-order valence-corrected chi connectivity index (χ1v) is 11.3. The van der Waals surface area contributed by atoms with E-state index in [0.717, 1.165) is 23.8 Å². The van der Waals surface area contributed by atoms with E-state index < -0.39 is 29.1 Å². The molecule has 0 aliphatic carbocycles. The second-order valence-electron chi connectivity index (χ2n) is 7.94. The van der Waals surface area contributed by atoms with Crippen LogP contribution in [0.3, 0.4) is 0 Å². The highest BCUT2D eigenvalue weighted by Crippen LogP contribution is 2.37. The summed E-state index contributed by atoms with van der Waals surface area (Å²) in [7, 11) is 1.34. The highest BCUT2D eigenvalue weighted by Gasteiger charge is 2.30. The number of aryl methyl sites for hydroxylation is 1. The first kappa shape index (κ1) is 28.1. The van der Waals surface area contributed by atoms with E-state index in [0.29, 0.717) is 5.69 Å². The number of hydrogen-bond acceptors (Lipinski definition) is 5. The van der Waals surface area contributed by atoms with Gasteiger partial charge in [-0.05, 0) is 66.6 Å². The molecule has 0 fully saturated rings. The van der Waals surface area contributed by atoms with Crippen molar-refractivity contribution in [3.8, 4) is 17.6 Å². The van der Waals surface area contributed by atoms with Crippen LogP contribution >= 0.6 is 11.6 Å². The van der Waals surface area contributed by atoms with Crippen molar-refractivity contribution < 1.29 is 32.2 Å². The van der Waals surface area contributed by atoms with Gasteiger partial charge in [-0.25, -0.2) is 0 Å². The number of nitriles is 1. The molecule has 0 unspecified atom stereocenters. The molecule has 0 bridgehead atoms. The molecule has 0 heterocycles. The lowest BCUT2D eigenvalue weighted by atomic mass is 10.1. The van der Waals surface area contributed by atoms with E-state index in [9.17, 15) is 28.0 Å². The Hall–Kier alpha value is -4.49. The summed E-state index contributed by atoms with van der Waals surface area (Å²) in [4.78, 5) is 24.8. The number of nitrogens with one attached hydrogen (secondary N) is 2. The maximum atomic E-state index is 12.9. The number of benzene rings is 3. The third-order valence-electron chi connectivity index (χ3n) is 5.03. The van der Waals surface area contributed by atoms with Crippen molar-refractivity contribution in [1.82, 2.24) is 0 Å². The van der Waals surface area contributed by atoms with E-state index in [4.69, 9.17) is 21.1 Å². The monoisotopic (exact) mass is 543 g/mol. The van der Waals surface area contributed by atoms with Gasteiger partial charge in [0.15, 0.2) is 18.1 Å². The molecule has 0 saturated heterocycles. The number of alkyl halides is 3. The molecule has 0 atom stereocenters. The van der Waals surface area contributed by atoms with Crippen molar-refractivity contribution in [2.24, 2.45) is 0 Å². The Kier molecular flexibility index (Phi) is 8.99. The minimum atomic E-state index is -4.59. The second-order valence-corrected chi connectivity index (χ2v) is 8.35. The third-order valence-corrected chi connectivity index (χ3v) is 5.31. The number of rotatable bonds is 8. The minimum absolute atomic E-state index is 0.0366. The normalized spacial score (nSPS) is 11.3. The summed E-state index contributed by atoms with van der Waals surface area (Å²) in [5, 5.41) is 14.5. The van der Waals surface area contributed by atoms with Crippen LogP contribution < -0.4 is 20.1 Å². The fraction of sp³-hybridized carbons (Fsp3) is 0.148. The molecule has 2 N–H and O–H groups in total. The third kappa shape index (κ3) is 7.51. The van der Waals surface area contributed by atoms with Crippen LogP contribution in [-0.4, -0.2) is 25.5 Å². The van der Waals surface area contributed by atoms with Gasteiger partial charge < -0.3 is 20.1 Å². The average molecular weight is 544 g/mol. The van der Waals surface area contributed by atoms with Gasteiger partial charge in [0.2, 0.25) is 0 Å². The second kappa shape index (κ2) is 12.2. The minimum Gasteiger partial charge on any atom is -0.493 e. The lowest BCUT2D eigenvalue weighted by Gasteiger charge is -2.14. The standard InChI is InChI=1S/C27H21ClF3N3O4/c1-16-5-3-7-20(9-16)33-24(35)15-38-25-22(28)11-17(12-23(25)37-2)10-18(14-32)26(36)34-21-8-4-6-19(13-21)27(29,30)31/h3-13H,15H2,1-2H3,(H,33,35)(H,34,36)/b18-10+. The van der Waals surface area contributed by atoms with Crippen LogP contribution in [0.5, 0.6) is 11.5 Å². The Bertz CT molecular complexity index is 1430. The average Bonchev–Trinajstić information content (AvgIpc) is 2.85. The van der Waals surface area contributed by atoms with Crippen LogP contribution in [0.25, 0.3) is 6.08 Å². The van der Waals surface area contributed by atoms with E-state index in [-0.39, 0.29) is 34.4 Å². The molecule has 196 valence electrons. The van der Waals surface area contributed by atoms with Crippen molar-refractivity contribution in [3.05, 3.63) is 87.9 Å². The van der Waals surface area contributed by atoms with Gasteiger partial charge in [-0.1, -0.05) is 29.8 Å². The van der Waals surface area contributed by atoms with Crippen molar-refractivity contribution in [1.29, 1.82) is 5.26 Å². The topological polar surface area (TPSA) is 100 Å². The SMILES string of the molecule is COc1cc(/C=C(\C#N)C(=O)Nc2cccc(C(F)(F)F)c2)cc(Cl)c1OCC(=O)Nc1cccc(C)c1. The molecule has 0 radical (unpaired) electrons. The summed E-state index contributed by atoms with van der Waals surface area (Å²) in [5.74, 6) is -1.16. The maximum absolute atomic E-state index is 12.9. The predicted octanol–water partition coefficient (Wildman–Crippen LogP) is 6.24.